The number of anilines is 1. The summed E-state index contributed by atoms with van der Waals surface area (Å²) in [4.78, 5) is 12.9. The molecule has 0 atom stereocenters. The van der Waals surface area contributed by atoms with Crippen LogP contribution >= 0.6 is 11.3 Å². The first-order valence-electron chi connectivity index (χ1n) is 9.66. The minimum Gasteiger partial charge on any atom is -0.296 e. The lowest BCUT2D eigenvalue weighted by molar-refractivity contribution is 0.102. The van der Waals surface area contributed by atoms with Gasteiger partial charge < -0.3 is 0 Å². The van der Waals surface area contributed by atoms with Gasteiger partial charge in [0, 0.05) is 25.1 Å². The zero-order chi connectivity index (χ0) is 20.1. The summed E-state index contributed by atoms with van der Waals surface area (Å²) < 4.78 is 27.3. The van der Waals surface area contributed by atoms with E-state index in [9.17, 15) is 13.2 Å². The lowest BCUT2D eigenvalue weighted by atomic mass is 10.1. The van der Waals surface area contributed by atoms with Gasteiger partial charge in [-0.15, -0.1) is 10.2 Å². The number of benzene rings is 1. The molecule has 9 heteroatoms. The average Bonchev–Trinajstić information content (AvgIpc) is 3.14. The number of carbonyl (C=O) groups excluding carboxylic acids is 1. The van der Waals surface area contributed by atoms with Crippen molar-refractivity contribution in [2.75, 3.05) is 18.4 Å². The molecule has 1 aromatic heterocycles. The zero-order valence-corrected chi connectivity index (χ0v) is 17.9. The van der Waals surface area contributed by atoms with Crippen LogP contribution in [0, 0.1) is 6.92 Å². The lowest BCUT2D eigenvalue weighted by Crippen LogP contribution is -2.35. The van der Waals surface area contributed by atoms with Crippen LogP contribution in [-0.2, 0) is 16.4 Å². The minimum atomic E-state index is -3.59. The Hall–Kier alpha value is -1.84. The molecule has 1 amide bonds. The van der Waals surface area contributed by atoms with E-state index in [0.717, 1.165) is 43.5 Å². The van der Waals surface area contributed by atoms with Crippen LogP contribution in [0.3, 0.4) is 0 Å². The molecule has 2 heterocycles. The monoisotopic (exact) mass is 422 g/mol. The second-order valence-electron chi connectivity index (χ2n) is 7.00. The Labute approximate surface area is 170 Å². The van der Waals surface area contributed by atoms with Crippen LogP contribution in [0.4, 0.5) is 5.13 Å². The fourth-order valence-corrected chi connectivity index (χ4v) is 5.48. The van der Waals surface area contributed by atoms with Crippen LogP contribution in [0.2, 0.25) is 0 Å². The maximum absolute atomic E-state index is 12.9. The number of sulfonamides is 1. The molecule has 3 rings (SSSR count). The predicted molar refractivity (Wildman–Crippen MR) is 110 cm³/mol. The Morgan fingerprint density at radius 3 is 2.68 bits per heavy atom. The molecule has 0 saturated carbocycles. The molecule has 0 bridgehead atoms. The van der Waals surface area contributed by atoms with Crippen molar-refractivity contribution in [2.24, 2.45) is 0 Å². The summed E-state index contributed by atoms with van der Waals surface area (Å²) in [7, 11) is -3.59. The second kappa shape index (κ2) is 9.11. The first kappa shape index (κ1) is 20.9. The third-order valence-corrected chi connectivity index (χ3v) is 7.63. The number of unbranched alkanes of at least 4 members (excludes halogenated alkanes) is 1. The Kier molecular flexibility index (Phi) is 6.79. The molecule has 28 heavy (non-hydrogen) atoms. The van der Waals surface area contributed by atoms with Crippen molar-refractivity contribution in [1.82, 2.24) is 14.5 Å². The van der Waals surface area contributed by atoms with Crippen molar-refractivity contribution in [2.45, 2.75) is 57.3 Å². The summed E-state index contributed by atoms with van der Waals surface area (Å²) >= 11 is 1.35. The third-order valence-electron chi connectivity index (χ3n) is 4.84. The van der Waals surface area contributed by atoms with E-state index in [1.165, 1.54) is 21.7 Å². The second-order valence-corrected chi connectivity index (χ2v) is 10.0. The largest absolute Gasteiger partial charge is 0.296 e. The van der Waals surface area contributed by atoms with E-state index in [0.29, 0.717) is 29.3 Å². The maximum Gasteiger partial charge on any atom is 0.257 e. The number of aromatic nitrogens is 2. The number of aryl methyl sites for hydroxylation is 2. The van der Waals surface area contributed by atoms with E-state index >= 15 is 0 Å². The number of nitrogens with zero attached hydrogens (tertiary/aromatic N) is 3. The third kappa shape index (κ3) is 4.76. The normalized spacial score (nSPS) is 15.5. The number of hydrogen-bond donors (Lipinski definition) is 1. The molecule has 2 aromatic rings. The number of hydrogen-bond acceptors (Lipinski definition) is 6. The summed E-state index contributed by atoms with van der Waals surface area (Å²) in [6.07, 6.45) is 5.73. The van der Waals surface area contributed by atoms with Crippen LogP contribution in [0.25, 0.3) is 0 Å². The van der Waals surface area contributed by atoms with Gasteiger partial charge in [0.1, 0.15) is 5.01 Å². The molecule has 0 aliphatic carbocycles. The fraction of sp³-hybridized carbons (Fsp3) is 0.526. The van der Waals surface area contributed by atoms with Crippen molar-refractivity contribution < 1.29 is 13.2 Å². The Morgan fingerprint density at radius 2 is 1.96 bits per heavy atom. The number of nitrogens with one attached hydrogen (secondary N) is 1. The Balaban J connectivity index is 1.79. The SMILES string of the molecule is CCCCc1nnc(NC(=O)c2cc(S(=O)(=O)N3CCCCC3)ccc2C)s1. The highest BCUT2D eigenvalue weighted by Crippen LogP contribution is 2.24. The molecule has 1 N–H and O–H groups in total. The van der Waals surface area contributed by atoms with Gasteiger partial charge in [-0.25, -0.2) is 8.42 Å². The number of rotatable bonds is 7. The molecular weight excluding hydrogens is 396 g/mol. The fourth-order valence-electron chi connectivity index (χ4n) is 3.16. The van der Waals surface area contributed by atoms with Crippen LogP contribution in [-0.4, -0.2) is 41.9 Å². The van der Waals surface area contributed by atoms with Gasteiger partial charge in [-0.3, -0.25) is 10.1 Å². The highest BCUT2D eigenvalue weighted by Gasteiger charge is 2.27. The topological polar surface area (TPSA) is 92.3 Å². The van der Waals surface area contributed by atoms with Crippen molar-refractivity contribution in [1.29, 1.82) is 0 Å². The molecule has 1 saturated heterocycles. The molecule has 1 aliphatic heterocycles. The molecule has 0 unspecified atom stereocenters. The van der Waals surface area contributed by atoms with Crippen LogP contribution in [0.15, 0.2) is 23.1 Å². The number of amides is 1. The Morgan fingerprint density at radius 1 is 1.21 bits per heavy atom. The van der Waals surface area contributed by atoms with Gasteiger partial charge in [-0.1, -0.05) is 37.2 Å². The standard InChI is InChI=1S/C19H26N4O3S2/c1-3-4-8-17-21-22-19(27-17)20-18(24)16-13-15(10-9-14(16)2)28(25,26)23-11-6-5-7-12-23/h9-10,13H,3-8,11-12H2,1-2H3,(H,20,22,24). The van der Waals surface area contributed by atoms with Crippen LogP contribution < -0.4 is 5.32 Å². The number of carbonyl (C=O) groups is 1. The first-order chi connectivity index (χ1) is 13.4. The van der Waals surface area contributed by atoms with Gasteiger partial charge in [-0.05, 0) is 43.9 Å². The first-order valence-corrected chi connectivity index (χ1v) is 11.9. The molecule has 0 radical (unpaired) electrons. The minimum absolute atomic E-state index is 0.158. The van der Waals surface area contributed by atoms with Gasteiger partial charge in [-0.2, -0.15) is 4.31 Å². The van der Waals surface area contributed by atoms with E-state index in [1.807, 2.05) is 0 Å². The quantitative estimate of drug-likeness (QED) is 0.736. The average molecular weight is 423 g/mol. The van der Waals surface area contributed by atoms with Gasteiger partial charge >= 0.3 is 0 Å². The van der Waals surface area contributed by atoms with Crippen molar-refractivity contribution in [3.05, 3.63) is 34.3 Å². The van der Waals surface area contributed by atoms with Gasteiger partial charge in [0.2, 0.25) is 15.2 Å². The summed E-state index contributed by atoms with van der Waals surface area (Å²) in [5, 5.41) is 12.2. The maximum atomic E-state index is 12.9. The molecule has 1 aromatic carbocycles. The Bertz CT molecular complexity index is 934. The summed E-state index contributed by atoms with van der Waals surface area (Å²) in [5.41, 5.74) is 1.05. The number of piperidine rings is 1. The molecule has 1 aliphatic rings. The summed E-state index contributed by atoms with van der Waals surface area (Å²) in [6.45, 7) is 4.96. The van der Waals surface area contributed by atoms with E-state index in [1.54, 1.807) is 19.1 Å². The zero-order valence-electron chi connectivity index (χ0n) is 16.3. The van der Waals surface area contributed by atoms with E-state index in [4.69, 9.17) is 0 Å². The van der Waals surface area contributed by atoms with E-state index in [2.05, 4.69) is 22.4 Å². The van der Waals surface area contributed by atoms with Crippen molar-refractivity contribution in [3.63, 3.8) is 0 Å². The summed E-state index contributed by atoms with van der Waals surface area (Å²) in [6, 6.07) is 4.72. The van der Waals surface area contributed by atoms with Crippen molar-refractivity contribution in [3.8, 4) is 0 Å². The van der Waals surface area contributed by atoms with Gasteiger partial charge in [0.25, 0.3) is 5.91 Å². The molecule has 152 valence electrons. The summed E-state index contributed by atoms with van der Waals surface area (Å²) in [5.74, 6) is -0.369. The highest BCUT2D eigenvalue weighted by atomic mass is 32.2. The van der Waals surface area contributed by atoms with E-state index in [-0.39, 0.29) is 10.8 Å². The van der Waals surface area contributed by atoms with Gasteiger partial charge in [0.05, 0.1) is 4.90 Å². The molecular formula is C19H26N4O3S2. The van der Waals surface area contributed by atoms with E-state index < -0.39 is 10.0 Å². The van der Waals surface area contributed by atoms with Crippen LogP contribution in [0.5, 0.6) is 0 Å². The van der Waals surface area contributed by atoms with Crippen LogP contribution in [0.1, 0.15) is 60.0 Å². The highest BCUT2D eigenvalue weighted by molar-refractivity contribution is 7.89. The predicted octanol–water partition coefficient (Wildman–Crippen LogP) is 3.62. The smallest absolute Gasteiger partial charge is 0.257 e. The van der Waals surface area contributed by atoms with Crippen molar-refractivity contribution >= 4 is 32.4 Å². The van der Waals surface area contributed by atoms with Gasteiger partial charge in [0.15, 0.2) is 0 Å². The molecule has 1 fully saturated rings. The lowest BCUT2D eigenvalue weighted by Gasteiger charge is -2.26. The molecule has 0 spiro atoms. The molecule has 7 nitrogen and oxygen atoms in total.